The van der Waals surface area contributed by atoms with Crippen molar-refractivity contribution in [3.8, 4) is 11.8 Å². The molecule has 0 aliphatic carbocycles. The predicted molar refractivity (Wildman–Crippen MR) is 68.1 cm³/mol. The SMILES string of the molecule is N#CCCN(S)C(=O)Nc1ccc(OC(F)(F)F)cc1. The Morgan fingerprint density at radius 2 is 2.00 bits per heavy atom. The quantitative estimate of drug-likeness (QED) is 0.840. The third-order valence-corrected chi connectivity index (χ3v) is 2.39. The van der Waals surface area contributed by atoms with E-state index in [1.807, 2.05) is 6.07 Å². The maximum absolute atomic E-state index is 11.9. The number of urea groups is 1. The molecule has 20 heavy (non-hydrogen) atoms. The molecule has 0 aliphatic rings. The van der Waals surface area contributed by atoms with Gasteiger partial charge in [0.1, 0.15) is 5.75 Å². The molecule has 1 N–H and O–H groups in total. The number of amides is 2. The lowest BCUT2D eigenvalue weighted by atomic mass is 10.3. The molecule has 0 radical (unpaired) electrons. The summed E-state index contributed by atoms with van der Waals surface area (Å²) >= 11 is 3.86. The molecule has 0 atom stereocenters. The van der Waals surface area contributed by atoms with E-state index in [0.717, 1.165) is 16.4 Å². The molecule has 0 saturated carbocycles. The van der Waals surface area contributed by atoms with E-state index in [0.29, 0.717) is 0 Å². The number of ether oxygens (including phenoxy) is 1. The number of rotatable bonds is 4. The van der Waals surface area contributed by atoms with Crippen LogP contribution in [-0.2, 0) is 0 Å². The molecule has 0 heterocycles. The van der Waals surface area contributed by atoms with Crippen molar-refractivity contribution in [1.82, 2.24) is 4.31 Å². The minimum atomic E-state index is -4.76. The summed E-state index contributed by atoms with van der Waals surface area (Å²) in [6.07, 6.45) is -4.64. The van der Waals surface area contributed by atoms with Crippen LogP contribution in [0.25, 0.3) is 0 Å². The molecule has 0 bridgehead atoms. The molecule has 2 amide bonds. The zero-order chi connectivity index (χ0) is 15.2. The maximum atomic E-state index is 11.9. The lowest BCUT2D eigenvalue weighted by Gasteiger charge is -2.15. The van der Waals surface area contributed by atoms with Crippen LogP contribution < -0.4 is 10.1 Å². The van der Waals surface area contributed by atoms with E-state index in [9.17, 15) is 18.0 Å². The first kappa shape index (κ1) is 16.0. The first-order valence-corrected chi connectivity index (χ1v) is 5.72. The monoisotopic (exact) mass is 305 g/mol. The fourth-order valence-electron chi connectivity index (χ4n) is 1.19. The highest BCUT2D eigenvalue weighted by molar-refractivity contribution is 7.78. The second-order valence-corrected chi connectivity index (χ2v) is 4.02. The van der Waals surface area contributed by atoms with E-state index < -0.39 is 12.4 Å². The number of hydrogen-bond donors (Lipinski definition) is 2. The second-order valence-electron chi connectivity index (χ2n) is 3.53. The minimum absolute atomic E-state index is 0.120. The number of halogens is 3. The number of hydrogen-bond acceptors (Lipinski definition) is 4. The van der Waals surface area contributed by atoms with Gasteiger partial charge in [-0.25, -0.2) is 4.79 Å². The molecular weight excluding hydrogens is 295 g/mol. The van der Waals surface area contributed by atoms with Gasteiger partial charge in [-0.15, -0.1) is 13.2 Å². The maximum Gasteiger partial charge on any atom is 0.573 e. The van der Waals surface area contributed by atoms with Crippen LogP contribution in [0.1, 0.15) is 6.42 Å². The summed E-state index contributed by atoms with van der Waals surface area (Å²) in [7, 11) is 0. The standard InChI is InChI=1S/C11H10F3N3O2S/c12-11(13,14)19-9-4-2-8(3-5-9)16-10(18)17(20)7-1-6-15/h2-5,20H,1,7H2,(H,16,18). The van der Waals surface area contributed by atoms with E-state index in [1.165, 1.54) is 12.1 Å². The number of nitrogens with one attached hydrogen (secondary N) is 1. The molecule has 0 spiro atoms. The Labute approximate surface area is 118 Å². The highest BCUT2D eigenvalue weighted by atomic mass is 32.1. The van der Waals surface area contributed by atoms with Crippen molar-refractivity contribution in [1.29, 1.82) is 5.26 Å². The average Bonchev–Trinajstić information content (AvgIpc) is 2.36. The van der Waals surface area contributed by atoms with E-state index in [4.69, 9.17) is 5.26 Å². The Balaban J connectivity index is 2.57. The first-order valence-electron chi connectivity index (χ1n) is 5.32. The van der Waals surface area contributed by atoms with Crippen LogP contribution in [0.4, 0.5) is 23.7 Å². The number of anilines is 1. The van der Waals surface area contributed by atoms with Crippen molar-refractivity contribution in [3.05, 3.63) is 24.3 Å². The highest BCUT2D eigenvalue weighted by Gasteiger charge is 2.30. The zero-order valence-corrected chi connectivity index (χ0v) is 10.9. The predicted octanol–water partition coefficient (Wildman–Crippen LogP) is 3.18. The second kappa shape index (κ2) is 6.91. The molecular formula is C11H10F3N3O2S. The van der Waals surface area contributed by atoms with Gasteiger partial charge in [0.2, 0.25) is 0 Å². The number of carbonyl (C=O) groups excluding carboxylic acids is 1. The molecule has 0 saturated heterocycles. The van der Waals surface area contributed by atoms with Gasteiger partial charge in [0.05, 0.1) is 12.5 Å². The highest BCUT2D eigenvalue weighted by Crippen LogP contribution is 2.24. The van der Waals surface area contributed by atoms with Crippen LogP contribution in [0.5, 0.6) is 5.75 Å². The fraction of sp³-hybridized carbons (Fsp3) is 0.273. The Kier molecular flexibility index (Phi) is 5.52. The zero-order valence-electron chi connectivity index (χ0n) is 10.0. The Hall–Kier alpha value is -2.08. The van der Waals surface area contributed by atoms with Gasteiger partial charge in [-0.05, 0) is 24.3 Å². The van der Waals surface area contributed by atoms with Gasteiger partial charge in [-0.2, -0.15) is 5.26 Å². The van der Waals surface area contributed by atoms with Crippen molar-refractivity contribution < 1.29 is 22.7 Å². The van der Waals surface area contributed by atoms with Crippen molar-refractivity contribution in [2.24, 2.45) is 0 Å². The third kappa shape index (κ3) is 5.71. The van der Waals surface area contributed by atoms with Gasteiger partial charge in [-0.3, -0.25) is 4.31 Å². The molecule has 1 aromatic rings. The molecule has 0 aromatic heterocycles. The largest absolute Gasteiger partial charge is 0.573 e. The summed E-state index contributed by atoms with van der Waals surface area (Å²) in [6.45, 7) is 0.126. The Morgan fingerprint density at radius 3 is 2.50 bits per heavy atom. The van der Waals surface area contributed by atoms with Gasteiger partial charge in [-0.1, -0.05) is 12.8 Å². The van der Waals surface area contributed by atoms with E-state index >= 15 is 0 Å². The summed E-state index contributed by atoms with van der Waals surface area (Å²) < 4.78 is 40.5. The number of benzene rings is 1. The summed E-state index contributed by atoms with van der Waals surface area (Å²) in [6, 6.07) is 5.91. The van der Waals surface area contributed by atoms with Gasteiger partial charge >= 0.3 is 12.4 Å². The molecule has 1 rings (SSSR count). The molecule has 5 nitrogen and oxygen atoms in total. The molecule has 0 fully saturated rings. The normalized spacial score (nSPS) is 10.6. The van der Waals surface area contributed by atoms with Gasteiger partial charge in [0, 0.05) is 12.2 Å². The number of nitrogens with zero attached hydrogens (tertiary/aromatic N) is 2. The van der Waals surface area contributed by atoms with Gasteiger partial charge in [0.15, 0.2) is 0 Å². The molecule has 0 aliphatic heterocycles. The van der Waals surface area contributed by atoms with E-state index in [2.05, 4.69) is 22.9 Å². The van der Waals surface area contributed by atoms with Crippen molar-refractivity contribution in [3.63, 3.8) is 0 Å². The molecule has 1 aromatic carbocycles. The van der Waals surface area contributed by atoms with Crippen LogP contribution in [0, 0.1) is 11.3 Å². The average molecular weight is 305 g/mol. The fourth-order valence-corrected chi connectivity index (χ4v) is 1.34. The lowest BCUT2D eigenvalue weighted by Crippen LogP contribution is -2.27. The van der Waals surface area contributed by atoms with Crippen LogP contribution in [-0.4, -0.2) is 23.2 Å². The van der Waals surface area contributed by atoms with Crippen LogP contribution >= 0.6 is 12.8 Å². The smallest absolute Gasteiger partial charge is 0.406 e. The molecule has 9 heteroatoms. The lowest BCUT2D eigenvalue weighted by molar-refractivity contribution is -0.274. The summed E-state index contributed by atoms with van der Waals surface area (Å²) in [5, 5.41) is 10.8. The van der Waals surface area contributed by atoms with Crippen LogP contribution in [0.15, 0.2) is 24.3 Å². The number of nitriles is 1. The van der Waals surface area contributed by atoms with Crippen LogP contribution in [0.3, 0.4) is 0 Å². The molecule has 108 valence electrons. The summed E-state index contributed by atoms with van der Waals surface area (Å²) in [4.78, 5) is 11.5. The van der Waals surface area contributed by atoms with Crippen molar-refractivity contribution in [2.45, 2.75) is 12.8 Å². The van der Waals surface area contributed by atoms with Crippen LogP contribution in [0.2, 0.25) is 0 Å². The van der Waals surface area contributed by atoms with E-state index in [1.54, 1.807) is 0 Å². The van der Waals surface area contributed by atoms with Gasteiger partial charge in [0.25, 0.3) is 0 Å². The van der Waals surface area contributed by atoms with Crippen molar-refractivity contribution >= 4 is 24.5 Å². The number of thiol groups is 1. The third-order valence-electron chi connectivity index (χ3n) is 2.01. The first-order chi connectivity index (χ1) is 9.31. The molecule has 0 unspecified atom stereocenters. The minimum Gasteiger partial charge on any atom is -0.406 e. The summed E-state index contributed by atoms with van der Waals surface area (Å²) in [5.74, 6) is -0.386. The topological polar surface area (TPSA) is 65.4 Å². The van der Waals surface area contributed by atoms with Crippen molar-refractivity contribution in [2.75, 3.05) is 11.9 Å². The Morgan fingerprint density at radius 1 is 1.40 bits per heavy atom. The number of alkyl halides is 3. The Bertz CT molecular complexity index is 499. The number of carbonyl (C=O) groups is 1. The van der Waals surface area contributed by atoms with Gasteiger partial charge < -0.3 is 10.1 Å². The van der Waals surface area contributed by atoms with E-state index in [-0.39, 0.29) is 24.4 Å². The summed E-state index contributed by atoms with van der Waals surface area (Å²) in [5.41, 5.74) is 0.278.